The smallest absolute Gasteiger partial charge is 0.274 e. The molecular formula is C3H5NO2S. The Bertz CT molecular complexity index is 81.0. The van der Waals surface area contributed by atoms with Gasteiger partial charge in [0.15, 0.2) is 6.29 Å². The van der Waals surface area contributed by atoms with Crippen LogP contribution in [0, 0.1) is 0 Å². The van der Waals surface area contributed by atoms with Gasteiger partial charge in [-0.3, -0.25) is 0 Å². The molecule has 0 radical (unpaired) electrons. The second kappa shape index (κ2) is 1.81. The van der Waals surface area contributed by atoms with Crippen molar-refractivity contribution in [3.63, 3.8) is 0 Å². The minimum absolute atomic E-state index is 0.114. The average molecular weight is 119 g/mol. The maximum Gasteiger partial charge on any atom is 0.274 e. The lowest BCUT2D eigenvalue weighted by Crippen LogP contribution is -2.36. The van der Waals surface area contributed by atoms with E-state index in [0.717, 1.165) is 0 Å². The van der Waals surface area contributed by atoms with E-state index in [2.05, 4.69) is 16.8 Å². The molecule has 0 atom stereocenters. The Kier molecular flexibility index (Phi) is 1.32. The fourth-order valence-electron chi connectivity index (χ4n) is 0.388. The molecule has 4 heteroatoms. The normalized spacial score (nSPS) is 39.6. The highest BCUT2D eigenvalue weighted by molar-refractivity contribution is 7.47. The summed E-state index contributed by atoms with van der Waals surface area (Å²) in [6.45, 7) is 1.79. The molecule has 0 aromatic heterocycles. The largest absolute Gasteiger partial charge is 0.304 e. The van der Waals surface area contributed by atoms with Gasteiger partial charge < -0.3 is 9.47 Å². The van der Waals surface area contributed by atoms with Crippen molar-refractivity contribution >= 4 is 12.4 Å². The average Bonchev–Trinajstić information content (AvgIpc) is 1.58. The highest BCUT2D eigenvalue weighted by Gasteiger charge is 2.25. The van der Waals surface area contributed by atoms with Crippen molar-refractivity contribution < 1.29 is 9.47 Å². The Balaban J connectivity index is 2.17. The predicted octanol–water partition coefficient (Wildman–Crippen LogP) is 0.393. The third-order valence-corrected chi connectivity index (χ3v) is 0.874. The van der Waals surface area contributed by atoms with E-state index in [-0.39, 0.29) is 6.29 Å². The van der Waals surface area contributed by atoms with E-state index in [0.29, 0.717) is 0 Å². The highest BCUT2D eigenvalue weighted by atomic mass is 32.1. The van der Waals surface area contributed by atoms with Gasteiger partial charge in [0, 0.05) is 12.4 Å². The quantitative estimate of drug-likeness (QED) is 0.500. The molecule has 1 saturated heterocycles. The summed E-state index contributed by atoms with van der Waals surface area (Å²) in [6.07, 6.45) is -0.582. The maximum absolute atomic E-state index is 4.80. The summed E-state index contributed by atoms with van der Waals surface area (Å²) in [5.41, 5.74) is 0. The van der Waals surface area contributed by atoms with E-state index >= 15 is 0 Å². The van der Waals surface area contributed by atoms with Crippen molar-refractivity contribution in [3.05, 3.63) is 0 Å². The second-order valence-corrected chi connectivity index (χ2v) is 1.46. The van der Waals surface area contributed by atoms with Crippen molar-refractivity contribution in [2.24, 2.45) is 4.36 Å². The van der Waals surface area contributed by atoms with Gasteiger partial charge in [-0.15, -0.1) is 0 Å². The van der Waals surface area contributed by atoms with E-state index in [9.17, 15) is 0 Å². The summed E-state index contributed by atoms with van der Waals surface area (Å²) in [4.78, 5) is 0. The van der Waals surface area contributed by atoms with Gasteiger partial charge in [-0.25, -0.2) is 0 Å². The molecule has 1 rings (SSSR count). The molecule has 0 spiro atoms. The number of nitrogens with zero attached hydrogens (tertiary/aromatic N) is 1. The minimum Gasteiger partial charge on any atom is -0.304 e. The van der Waals surface area contributed by atoms with Crippen molar-refractivity contribution in [2.45, 2.75) is 19.6 Å². The van der Waals surface area contributed by atoms with E-state index < -0.39 is 6.41 Å². The summed E-state index contributed by atoms with van der Waals surface area (Å²) in [5, 5.41) is 0. The monoisotopic (exact) mass is 119 g/mol. The fourth-order valence-corrected chi connectivity index (χ4v) is 0.487. The summed E-state index contributed by atoms with van der Waals surface area (Å²) in [6, 6.07) is 0. The van der Waals surface area contributed by atoms with E-state index in [4.69, 9.17) is 9.47 Å². The lowest BCUT2D eigenvalue weighted by Gasteiger charge is -2.28. The van der Waals surface area contributed by atoms with Gasteiger partial charge in [-0.1, -0.05) is 0 Å². The molecule has 1 heterocycles. The van der Waals surface area contributed by atoms with Crippen LogP contribution < -0.4 is 0 Å². The van der Waals surface area contributed by atoms with Gasteiger partial charge >= 0.3 is 0 Å². The first-order chi connectivity index (χ1) is 3.33. The van der Waals surface area contributed by atoms with Crippen LogP contribution in [0.1, 0.15) is 6.92 Å². The SMILES string of the molecule is CC1OC(N=S)O1. The fraction of sp³-hybridized carbons (Fsp3) is 1.00. The molecule has 0 unspecified atom stereocenters. The minimum atomic E-state index is -0.468. The summed E-state index contributed by atoms with van der Waals surface area (Å²) < 4.78 is 12.9. The molecule has 0 amide bonds. The summed E-state index contributed by atoms with van der Waals surface area (Å²) >= 11 is 4.25. The first kappa shape index (κ1) is 5.08. The molecule has 0 bridgehead atoms. The molecular weight excluding hydrogens is 114 g/mol. The molecule has 1 fully saturated rings. The lowest BCUT2D eigenvalue weighted by molar-refractivity contribution is -0.370. The van der Waals surface area contributed by atoms with Crippen molar-refractivity contribution in [1.82, 2.24) is 0 Å². The van der Waals surface area contributed by atoms with E-state index in [1.807, 2.05) is 0 Å². The third-order valence-electron chi connectivity index (χ3n) is 0.702. The summed E-state index contributed by atoms with van der Waals surface area (Å²) in [7, 11) is 0. The van der Waals surface area contributed by atoms with Crippen LogP contribution >= 0.6 is 0 Å². The molecule has 0 saturated carbocycles. The van der Waals surface area contributed by atoms with Crippen LogP contribution in [0.15, 0.2) is 4.36 Å². The van der Waals surface area contributed by atoms with Crippen LogP contribution in [-0.4, -0.2) is 12.7 Å². The van der Waals surface area contributed by atoms with Crippen molar-refractivity contribution in [1.29, 1.82) is 0 Å². The standard InChI is InChI=1S/C3H5NO2S/c1-2-5-3(4-7)6-2/h2-3H,1H3. The van der Waals surface area contributed by atoms with E-state index in [1.54, 1.807) is 6.92 Å². The number of hydrogen-bond acceptors (Lipinski definition) is 4. The van der Waals surface area contributed by atoms with Crippen LogP contribution in [0.5, 0.6) is 0 Å². The predicted molar refractivity (Wildman–Crippen MR) is 25.2 cm³/mol. The Morgan fingerprint density at radius 3 is 2.29 bits per heavy atom. The topological polar surface area (TPSA) is 30.8 Å². The van der Waals surface area contributed by atoms with Gasteiger partial charge in [0.1, 0.15) is 0 Å². The zero-order valence-electron chi connectivity index (χ0n) is 3.83. The molecule has 0 aromatic carbocycles. The van der Waals surface area contributed by atoms with Crippen molar-refractivity contribution in [2.75, 3.05) is 0 Å². The molecule has 1 aliphatic rings. The van der Waals surface area contributed by atoms with Gasteiger partial charge in [-0.2, -0.15) is 4.36 Å². The molecule has 0 aromatic rings. The second-order valence-electron chi connectivity index (χ2n) is 1.25. The number of rotatable bonds is 1. The Morgan fingerprint density at radius 2 is 2.14 bits per heavy atom. The maximum atomic E-state index is 4.80. The van der Waals surface area contributed by atoms with Crippen LogP contribution in [0.4, 0.5) is 0 Å². The summed E-state index contributed by atoms with van der Waals surface area (Å²) in [5.74, 6) is 0. The van der Waals surface area contributed by atoms with Crippen molar-refractivity contribution in [3.8, 4) is 0 Å². The van der Waals surface area contributed by atoms with Crippen LogP contribution in [-0.2, 0) is 21.9 Å². The molecule has 7 heavy (non-hydrogen) atoms. The van der Waals surface area contributed by atoms with Crippen LogP contribution in [0.25, 0.3) is 0 Å². The first-order valence-electron chi connectivity index (χ1n) is 1.96. The van der Waals surface area contributed by atoms with Gasteiger partial charge in [0.25, 0.3) is 6.41 Å². The molecule has 0 N–H and O–H groups in total. The zero-order valence-corrected chi connectivity index (χ0v) is 4.64. The molecule has 40 valence electrons. The van der Waals surface area contributed by atoms with Crippen LogP contribution in [0.3, 0.4) is 0 Å². The Hall–Kier alpha value is -0.0600. The molecule has 3 nitrogen and oxygen atoms in total. The Labute approximate surface area is 46.8 Å². The van der Waals surface area contributed by atoms with E-state index in [1.165, 1.54) is 0 Å². The van der Waals surface area contributed by atoms with Gasteiger partial charge in [-0.05, 0) is 6.92 Å². The number of ether oxygens (including phenoxy) is 2. The molecule has 0 aliphatic carbocycles. The third kappa shape index (κ3) is 0.933. The van der Waals surface area contributed by atoms with Gasteiger partial charge in [0.2, 0.25) is 0 Å². The Morgan fingerprint density at radius 1 is 1.57 bits per heavy atom. The zero-order chi connectivity index (χ0) is 5.28. The lowest BCUT2D eigenvalue weighted by atomic mass is 10.7. The highest BCUT2D eigenvalue weighted by Crippen LogP contribution is 2.15. The molecule has 1 aliphatic heterocycles. The van der Waals surface area contributed by atoms with Crippen LogP contribution in [0.2, 0.25) is 0 Å². The first-order valence-corrected chi connectivity index (χ1v) is 2.33. The number of hydrogen-bond donors (Lipinski definition) is 0. The van der Waals surface area contributed by atoms with Gasteiger partial charge in [0.05, 0.1) is 0 Å².